The van der Waals surface area contributed by atoms with Crippen molar-refractivity contribution < 1.29 is 0 Å². The van der Waals surface area contributed by atoms with Gasteiger partial charge in [-0.15, -0.1) is 0 Å². The van der Waals surface area contributed by atoms with Crippen molar-refractivity contribution in [1.29, 1.82) is 0 Å². The van der Waals surface area contributed by atoms with Gasteiger partial charge in [0.15, 0.2) is 0 Å². The lowest BCUT2D eigenvalue weighted by atomic mass is 10.3. The zero-order chi connectivity index (χ0) is 10.1. The molecule has 5 heteroatoms. The molecule has 0 radical (unpaired) electrons. The first-order valence-electron chi connectivity index (χ1n) is 3.93. The molecule has 0 aliphatic rings. The number of hydrogen-bond donors (Lipinski definition) is 1. The average molecular weight is 273 g/mol. The first-order chi connectivity index (χ1) is 6.68. The van der Waals surface area contributed by atoms with Gasteiger partial charge in [0.1, 0.15) is 0 Å². The van der Waals surface area contributed by atoms with E-state index >= 15 is 0 Å². The number of nitrogens with two attached hydrogens (primary N) is 1. The van der Waals surface area contributed by atoms with E-state index in [1.165, 1.54) is 0 Å². The molecule has 0 fully saturated rings. The quantitative estimate of drug-likeness (QED) is 0.867. The third kappa shape index (κ3) is 1.63. The van der Waals surface area contributed by atoms with Crippen LogP contribution in [-0.2, 0) is 0 Å². The van der Waals surface area contributed by atoms with Crippen LogP contribution in [0.3, 0.4) is 0 Å². The van der Waals surface area contributed by atoms with E-state index in [1.54, 1.807) is 17.0 Å². The Bertz CT molecular complexity index is 467. The van der Waals surface area contributed by atoms with Crippen LogP contribution in [-0.4, -0.2) is 9.55 Å². The van der Waals surface area contributed by atoms with Crippen LogP contribution in [0.1, 0.15) is 0 Å². The van der Waals surface area contributed by atoms with E-state index in [0.717, 1.165) is 10.2 Å². The minimum Gasteiger partial charge on any atom is -0.369 e. The molecule has 3 nitrogen and oxygen atoms in total. The number of aromatic nitrogens is 2. The average Bonchev–Trinajstić information content (AvgIpc) is 2.57. The highest BCUT2D eigenvalue weighted by Gasteiger charge is 2.03. The van der Waals surface area contributed by atoms with Gasteiger partial charge in [-0.3, -0.25) is 4.57 Å². The molecular formula is C9H7BrClN3. The van der Waals surface area contributed by atoms with Crippen molar-refractivity contribution in [2.45, 2.75) is 0 Å². The lowest BCUT2D eigenvalue weighted by Gasteiger charge is -2.05. The van der Waals surface area contributed by atoms with Crippen LogP contribution in [0.15, 0.2) is 35.1 Å². The normalized spacial score (nSPS) is 10.4. The number of hydrogen-bond acceptors (Lipinski definition) is 2. The van der Waals surface area contributed by atoms with Crippen LogP contribution < -0.4 is 5.73 Å². The summed E-state index contributed by atoms with van der Waals surface area (Å²) >= 11 is 9.28. The van der Waals surface area contributed by atoms with Gasteiger partial charge >= 0.3 is 0 Å². The van der Waals surface area contributed by atoms with Gasteiger partial charge in [0, 0.05) is 16.9 Å². The Morgan fingerprint density at radius 3 is 2.79 bits per heavy atom. The van der Waals surface area contributed by atoms with E-state index in [2.05, 4.69) is 20.9 Å². The van der Waals surface area contributed by atoms with E-state index < -0.39 is 0 Å². The number of benzene rings is 1. The largest absolute Gasteiger partial charge is 0.369 e. The number of imidazole rings is 1. The van der Waals surface area contributed by atoms with E-state index in [1.807, 2.05) is 18.2 Å². The highest BCUT2D eigenvalue weighted by atomic mass is 79.9. The van der Waals surface area contributed by atoms with Crippen LogP contribution in [0.4, 0.5) is 5.95 Å². The van der Waals surface area contributed by atoms with Gasteiger partial charge in [0.2, 0.25) is 5.95 Å². The second-order valence-electron chi connectivity index (χ2n) is 2.75. The second kappa shape index (κ2) is 3.63. The third-order valence-corrected chi connectivity index (χ3v) is 3.08. The Kier molecular flexibility index (Phi) is 2.48. The molecule has 0 atom stereocenters. The van der Waals surface area contributed by atoms with Crippen molar-refractivity contribution in [1.82, 2.24) is 9.55 Å². The van der Waals surface area contributed by atoms with Crippen LogP contribution in [0.25, 0.3) is 5.69 Å². The summed E-state index contributed by atoms with van der Waals surface area (Å²) in [5.41, 5.74) is 6.55. The zero-order valence-corrected chi connectivity index (χ0v) is 9.46. The number of nitrogen functional groups attached to an aromatic ring is 1. The summed E-state index contributed by atoms with van der Waals surface area (Å²) < 4.78 is 2.62. The van der Waals surface area contributed by atoms with Gasteiger partial charge in [-0.25, -0.2) is 4.98 Å². The molecule has 2 aromatic rings. The fourth-order valence-electron chi connectivity index (χ4n) is 1.17. The Labute approximate surface area is 94.6 Å². The molecule has 0 saturated carbocycles. The van der Waals surface area contributed by atoms with Crippen LogP contribution >= 0.6 is 27.5 Å². The fourth-order valence-corrected chi connectivity index (χ4v) is 1.59. The fraction of sp³-hybridized carbons (Fsp3) is 0. The van der Waals surface area contributed by atoms with E-state index in [9.17, 15) is 0 Å². The molecule has 1 heterocycles. The Hall–Kier alpha value is -1.000. The third-order valence-electron chi connectivity index (χ3n) is 1.85. The van der Waals surface area contributed by atoms with Crippen LogP contribution in [0, 0.1) is 0 Å². The molecule has 72 valence electrons. The molecular weight excluding hydrogens is 265 g/mol. The zero-order valence-electron chi connectivity index (χ0n) is 7.11. The minimum absolute atomic E-state index is 0.448. The number of nitrogens with zero attached hydrogens (tertiary/aromatic N) is 2. The standard InChI is InChI=1S/C9H7BrClN3/c10-7-2-1-6(5-8(7)11)14-4-3-13-9(14)12/h1-5H,(H2,12,13). The summed E-state index contributed by atoms with van der Waals surface area (Å²) in [6.07, 6.45) is 3.43. The van der Waals surface area contributed by atoms with E-state index in [-0.39, 0.29) is 0 Å². The topological polar surface area (TPSA) is 43.8 Å². The van der Waals surface area contributed by atoms with E-state index in [4.69, 9.17) is 17.3 Å². The molecule has 0 aliphatic carbocycles. The van der Waals surface area contributed by atoms with Gasteiger partial charge in [-0.1, -0.05) is 11.6 Å². The molecule has 1 aromatic heterocycles. The summed E-state index contributed by atoms with van der Waals surface area (Å²) in [5, 5.41) is 0.649. The van der Waals surface area contributed by atoms with E-state index in [0.29, 0.717) is 11.0 Å². The Balaban J connectivity index is 2.53. The predicted molar refractivity (Wildman–Crippen MR) is 60.7 cm³/mol. The van der Waals surface area contributed by atoms with Crippen molar-refractivity contribution in [3.8, 4) is 5.69 Å². The van der Waals surface area contributed by atoms with Crippen molar-refractivity contribution in [2.75, 3.05) is 5.73 Å². The maximum Gasteiger partial charge on any atom is 0.204 e. The van der Waals surface area contributed by atoms with Gasteiger partial charge in [-0.2, -0.15) is 0 Å². The highest BCUT2D eigenvalue weighted by molar-refractivity contribution is 9.10. The monoisotopic (exact) mass is 271 g/mol. The molecule has 0 spiro atoms. The smallest absolute Gasteiger partial charge is 0.204 e. The number of rotatable bonds is 1. The molecule has 0 bridgehead atoms. The maximum atomic E-state index is 5.96. The van der Waals surface area contributed by atoms with Crippen molar-refractivity contribution >= 4 is 33.5 Å². The highest BCUT2D eigenvalue weighted by Crippen LogP contribution is 2.25. The summed E-state index contributed by atoms with van der Waals surface area (Å²) in [7, 11) is 0. The van der Waals surface area contributed by atoms with Crippen molar-refractivity contribution in [3.05, 3.63) is 40.1 Å². The van der Waals surface area contributed by atoms with Crippen molar-refractivity contribution in [3.63, 3.8) is 0 Å². The molecule has 14 heavy (non-hydrogen) atoms. The van der Waals surface area contributed by atoms with Gasteiger partial charge in [0.05, 0.1) is 10.7 Å². The molecule has 2 rings (SSSR count). The SMILES string of the molecule is Nc1nccn1-c1ccc(Br)c(Cl)c1. The van der Waals surface area contributed by atoms with Crippen LogP contribution in [0.2, 0.25) is 5.02 Å². The summed E-state index contributed by atoms with van der Waals surface area (Å²) in [4.78, 5) is 3.93. The predicted octanol–water partition coefficient (Wildman–Crippen LogP) is 2.87. The van der Waals surface area contributed by atoms with Gasteiger partial charge < -0.3 is 5.73 Å². The molecule has 0 amide bonds. The van der Waals surface area contributed by atoms with Gasteiger partial charge in [0.25, 0.3) is 0 Å². The summed E-state index contributed by atoms with van der Waals surface area (Å²) in [6, 6.07) is 5.61. The lowest BCUT2D eigenvalue weighted by molar-refractivity contribution is 1.07. The first kappa shape index (κ1) is 9.55. The molecule has 0 aliphatic heterocycles. The molecule has 0 saturated heterocycles. The molecule has 2 N–H and O–H groups in total. The summed E-state index contributed by atoms with van der Waals surface area (Å²) in [5.74, 6) is 0.448. The van der Waals surface area contributed by atoms with Crippen molar-refractivity contribution in [2.24, 2.45) is 0 Å². The van der Waals surface area contributed by atoms with Crippen LogP contribution in [0.5, 0.6) is 0 Å². The lowest BCUT2D eigenvalue weighted by Crippen LogP contribution is -1.99. The maximum absolute atomic E-state index is 5.96. The molecule has 0 unspecified atom stereocenters. The second-order valence-corrected chi connectivity index (χ2v) is 4.02. The first-order valence-corrected chi connectivity index (χ1v) is 5.10. The number of halogens is 2. The Morgan fingerprint density at radius 1 is 1.43 bits per heavy atom. The minimum atomic E-state index is 0.448. The molecule has 1 aromatic carbocycles. The Morgan fingerprint density at radius 2 is 2.21 bits per heavy atom. The summed E-state index contributed by atoms with van der Waals surface area (Å²) in [6.45, 7) is 0. The number of anilines is 1. The van der Waals surface area contributed by atoms with Gasteiger partial charge in [-0.05, 0) is 34.1 Å².